The van der Waals surface area contributed by atoms with Crippen molar-refractivity contribution in [3.63, 3.8) is 0 Å². The van der Waals surface area contributed by atoms with Gasteiger partial charge in [-0.05, 0) is 116 Å². The summed E-state index contributed by atoms with van der Waals surface area (Å²) in [6.07, 6.45) is -11.0. The lowest BCUT2D eigenvalue weighted by Gasteiger charge is -2.64. The van der Waals surface area contributed by atoms with Crippen molar-refractivity contribution in [1.29, 1.82) is 0 Å². The Hall–Kier alpha value is -0.890. The molecule has 15 heteroatoms. The third-order valence-corrected chi connectivity index (χ3v) is 17.5. The highest BCUT2D eigenvalue weighted by Gasteiger charge is 2.84. The van der Waals surface area contributed by atoms with Crippen LogP contribution in [0.2, 0.25) is 0 Å². The Morgan fingerprint density at radius 3 is 2.00 bits per heavy atom. The molecular formula is C42H70O15. The first-order chi connectivity index (χ1) is 26.5. The van der Waals surface area contributed by atoms with Crippen molar-refractivity contribution in [1.82, 2.24) is 0 Å². The van der Waals surface area contributed by atoms with Crippen molar-refractivity contribution in [3.8, 4) is 0 Å². The Bertz CT molecular complexity index is 1490. The number of hydrogen-bond donors (Lipinski definition) is 10. The van der Waals surface area contributed by atoms with Crippen molar-refractivity contribution >= 4 is 5.78 Å². The van der Waals surface area contributed by atoms with E-state index in [0.717, 1.165) is 25.7 Å². The molecule has 2 heterocycles. The van der Waals surface area contributed by atoms with Crippen molar-refractivity contribution in [3.05, 3.63) is 0 Å². The summed E-state index contributed by atoms with van der Waals surface area (Å²) in [6, 6.07) is 0. The molecular weight excluding hydrogens is 744 g/mol. The van der Waals surface area contributed by atoms with Gasteiger partial charge in [0.1, 0.15) is 54.4 Å². The van der Waals surface area contributed by atoms with E-state index in [0.29, 0.717) is 25.7 Å². The van der Waals surface area contributed by atoms with E-state index in [9.17, 15) is 55.9 Å². The van der Waals surface area contributed by atoms with Gasteiger partial charge in [-0.15, -0.1) is 0 Å². The summed E-state index contributed by atoms with van der Waals surface area (Å²) >= 11 is 0. The van der Waals surface area contributed by atoms with Crippen LogP contribution in [0.5, 0.6) is 0 Å². The van der Waals surface area contributed by atoms with Crippen molar-refractivity contribution in [2.24, 2.45) is 50.7 Å². The van der Waals surface area contributed by atoms with Crippen LogP contribution in [0.4, 0.5) is 0 Å². The number of rotatable bonds is 11. The van der Waals surface area contributed by atoms with Gasteiger partial charge in [-0.3, -0.25) is 4.79 Å². The summed E-state index contributed by atoms with van der Waals surface area (Å²) < 4.78 is 24.3. The van der Waals surface area contributed by atoms with Crippen molar-refractivity contribution < 1.29 is 74.8 Å². The fraction of sp³-hybridized carbons (Fsp3) is 0.976. The first kappa shape index (κ1) is 44.2. The molecule has 2 saturated heterocycles. The molecule has 0 aromatic rings. The number of hydrogen-bond acceptors (Lipinski definition) is 15. The molecule has 7 fully saturated rings. The molecule has 5 aliphatic carbocycles. The van der Waals surface area contributed by atoms with Crippen LogP contribution in [0.15, 0.2) is 0 Å². The van der Waals surface area contributed by atoms with Crippen LogP contribution in [-0.4, -0.2) is 155 Å². The predicted molar refractivity (Wildman–Crippen MR) is 201 cm³/mol. The van der Waals surface area contributed by atoms with Crippen LogP contribution in [0.1, 0.15) is 106 Å². The molecule has 2 aliphatic heterocycles. The van der Waals surface area contributed by atoms with Gasteiger partial charge in [0.2, 0.25) is 0 Å². The lowest BCUT2D eigenvalue weighted by molar-refractivity contribution is -0.377. The van der Waals surface area contributed by atoms with E-state index < -0.39 is 104 Å². The minimum Gasteiger partial charge on any atom is -0.394 e. The molecule has 15 nitrogen and oxygen atoms in total. The van der Waals surface area contributed by atoms with E-state index in [1.54, 1.807) is 0 Å². The van der Waals surface area contributed by atoms with Crippen LogP contribution in [0, 0.1) is 50.7 Å². The van der Waals surface area contributed by atoms with Crippen LogP contribution in [0.25, 0.3) is 0 Å². The molecule has 328 valence electrons. The minimum atomic E-state index is -1.78. The summed E-state index contributed by atoms with van der Waals surface area (Å²) in [5.41, 5.74) is -2.75. The monoisotopic (exact) mass is 814 g/mol. The van der Waals surface area contributed by atoms with E-state index in [2.05, 4.69) is 34.6 Å². The fourth-order valence-electron chi connectivity index (χ4n) is 14.3. The molecule has 2 spiro atoms. The zero-order valence-electron chi connectivity index (χ0n) is 34.6. The summed E-state index contributed by atoms with van der Waals surface area (Å²) in [7, 11) is 0. The van der Waals surface area contributed by atoms with E-state index in [4.69, 9.17) is 18.9 Å². The lowest BCUT2D eigenvalue weighted by Crippen LogP contribution is -2.66. The quantitative estimate of drug-likeness (QED) is 0.125. The van der Waals surface area contributed by atoms with Crippen molar-refractivity contribution in [2.75, 3.05) is 13.2 Å². The standard InChI is InChI=1S/C42H70O15/c1-19(8-9-25(47)38(4,5)53)27-21(46)15-40(7)34-20(45)14-24-37(2,3)26(10-11-41(24)18-42(34,41)13-12-39(27,40)6)56-36-33(31(51)29(49)23(17-44)55-36)57-35-32(52)30(50)28(48)22(16-43)54-35/h19-24,26-36,43-46,48-53H,8-18H2,1-7H3/t19-,20+,21+,22-,23-,24+,26+,27+,28-,29-,30+,31+,32-,33-,34+,35+,36+,39-,40+,41-,42+/m1/s1. The molecule has 10 N–H and O–H groups in total. The van der Waals surface area contributed by atoms with Crippen LogP contribution in [0.3, 0.4) is 0 Å². The molecule has 0 radical (unpaired) electrons. The van der Waals surface area contributed by atoms with Gasteiger partial charge >= 0.3 is 0 Å². The van der Waals surface area contributed by atoms with E-state index in [1.165, 1.54) is 13.8 Å². The molecule has 57 heavy (non-hydrogen) atoms. The lowest BCUT2D eigenvalue weighted by atomic mass is 9.41. The molecule has 0 aromatic heterocycles. The van der Waals surface area contributed by atoms with Crippen LogP contribution in [-0.2, 0) is 23.7 Å². The number of ketones is 1. The van der Waals surface area contributed by atoms with Gasteiger partial charge in [-0.25, -0.2) is 0 Å². The first-order valence-electron chi connectivity index (χ1n) is 21.3. The topological polar surface area (TPSA) is 256 Å². The Balaban J connectivity index is 1.11. The second kappa shape index (κ2) is 14.9. The molecule has 7 rings (SSSR count). The molecule has 0 bridgehead atoms. The third kappa shape index (κ3) is 6.55. The van der Waals surface area contributed by atoms with Gasteiger partial charge in [-0.2, -0.15) is 0 Å². The molecule has 0 aromatic carbocycles. The summed E-state index contributed by atoms with van der Waals surface area (Å²) in [6.45, 7) is 12.6. The van der Waals surface area contributed by atoms with Gasteiger partial charge in [-0.1, -0.05) is 34.6 Å². The number of carbonyl (C=O) groups excluding carboxylic acids is 1. The number of aliphatic hydroxyl groups is 10. The summed E-state index contributed by atoms with van der Waals surface area (Å²) in [5, 5.41) is 108. The van der Waals surface area contributed by atoms with Crippen molar-refractivity contribution in [2.45, 2.75) is 192 Å². The zero-order chi connectivity index (χ0) is 42.0. The molecule has 21 atom stereocenters. The van der Waals surface area contributed by atoms with Gasteiger partial charge in [0, 0.05) is 6.42 Å². The maximum atomic E-state index is 12.7. The summed E-state index contributed by atoms with van der Waals surface area (Å²) in [5.74, 6) is -0.213. The number of aliphatic hydroxyl groups excluding tert-OH is 9. The minimum absolute atomic E-state index is 0.0296. The maximum absolute atomic E-state index is 12.7. The molecule has 5 saturated carbocycles. The van der Waals surface area contributed by atoms with Gasteiger partial charge in [0.25, 0.3) is 0 Å². The SMILES string of the molecule is C[C@H](CCC(=O)C(C)(C)O)[C@H]1[C@@H](O)C[C@@]2(C)[C@@H]3[C@@H](O)C[C@H]4C(C)(C)[C@@H](O[C@@H]5O[C@H](CO)[C@@H](O)[C@H](O)[C@H]5O[C@@H]5O[C@H](CO)[C@@H](O)[C@H](O)[C@H]5O)CC[C@@]45C[C@@]35CC[C@]12C. The average Bonchev–Trinajstić information content (AvgIpc) is 3.73. The largest absolute Gasteiger partial charge is 0.394 e. The summed E-state index contributed by atoms with van der Waals surface area (Å²) in [4.78, 5) is 12.7. The Morgan fingerprint density at radius 1 is 0.772 bits per heavy atom. The number of ether oxygens (including phenoxy) is 4. The Labute approximate surface area is 335 Å². The Morgan fingerprint density at radius 2 is 1.39 bits per heavy atom. The highest BCUT2D eigenvalue weighted by Crippen LogP contribution is 2.89. The third-order valence-electron chi connectivity index (χ3n) is 17.5. The van der Waals surface area contributed by atoms with E-state index >= 15 is 0 Å². The van der Waals surface area contributed by atoms with Gasteiger partial charge in [0.05, 0.1) is 31.5 Å². The molecule has 0 amide bonds. The van der Waals surface area contributed by atoms with Crippen LogP contribution >= 0.6 is 0 Å². The zero-order valence-corrected chi connectivity index (χ0v) is 34.6. The predicted octanol–water partition coefficient (Wildman–Crippen LogP) is 0.133. The van der Waals surface area contributed by atoms with E-state index in [1.807, 2.05) is 0 Å². The molecule has 7 aliphatic rings. The number of fused-ring (bicyclic) bond motifs is 2. The van der Waals surface area contributed by atoms with Crippen LogP contribution < -0.4 is 0 Å². The highest BCUT2D eigenvalue weighted by molar-refractivity contribution is 5.86. The first-order valence-corrected chi connectivity index (χ1v) is 21.3. The van der Waals surface area contributed by atoms with Gasteiger partial charge in [0.15, 0.2) is 18.4 Å². The molecule has 0 unspecified atom stereocenters. The highest BCUT2D eigenvalue weighted by atomic mass is 16.8. The fourth-order valence-corrected chi connectivity index (χ4v) is 14.3. The van der Waals surface area contributed by atoms with E-state index in [-0.39, 0.29) is 57.5 Å². The van der Waals surface area contributed by atoms with Gasteiger partial charge < -0.3 is 70.0 Å². The Kier molecular flexibility index (Phi) is 11.5. The number of carbonyl (C=O) groups is 1. The number of Topliss-reactive ketones (excluding diaryl/α,β-unsaturated/α-hetero) is 1. The second-order valence-corrected chi connectivity index (χ2v) is 20.9. The normalized spacial score (nSPS) is 53.6. The average molecular weight is 815 g/mol. The maximum Gasteiger partial charge on any atom is 0.187 e. The second-order valence-electron chi connectivity index (χ2n) is 20.9. The smallest absolute Gasteiger partial charge is 0.187 e.